The van der Waals surface area contributed by atoms with E-state index in [2.05, 4.69) is 29.5 Å². The molecular formula is C17H16N4OS2. The normalized spacial score (nSPS) is 19.2. The number of para-hydroxylation sites is 1. The highest BCUT2D eigenvalue weighted by atomic mass is 32.2. The van der Waals surface area contributed by atoms with Crippen LogP contribution in [-0.2, 0) is 4.79 Å². The summed E-state index contributed by atoms with van der Waals surface area (Å²) in [5.41, 5.74) is 0.567. The van der Waals surface area contributed by atoms with Gasteiger partial charge in [0.25, 0.3) is 5.91 Å². The highest BCUT2D eigenvalue weighted by Gasteiger charge is 2.34. The Bertz CT molecular complexity index is 963. The van der Waals surface area contributed by atoms with Crippen molar-refractivity contribution in [1.29, 1.82) is 0 Å². The summed E-state index contributed by atoms with van der Waals surface area (Å²) in [7, 11) is 0. The van der Waals surface area contributed by atoms with Gasteiger partial charge in [0.2, 0.25) is 0 Å². The van der Waals surface area contributed by atoms with Crippen molar-refractivity contribution < 1.29 is 4.79 Å². The number of hydrogen-bond acceptors (Lipinski definition) is 6. The van der Waals surface area contributed by atoms with Crippen molar-refractivity contribution in [3.63, 3.8) is 0 Å². The predicted molar refractivity (Wildman–Crippen MR) is 98.0 cm³/mol. The topological polar surface area (TPSA) is 57.1 Å². The molecule has 2 aliphatic rings. The van der Waals surface area contributed by atoms with Gasteiger partial charge < -0.3 is 0 Å². The molecule has 1 atom stereocenters. The van der Waals surface area contributed by atoms with Crippen molar-refractivity contribution in [2.75, 3.05) is 5.75 Å². The van der Waals surface area contributed by atoms with E-state index in [1.165, 1.54) is 16.6 Å². The number of thioether (sulfide) groups is 1. The smallest absolute Gasteiger partial charge is 0.276 e. The van der Waals surface area contributed by atoms with Gasteiger partial charge in [0.05, 0.1) is 10.2 Å². The molecule has 0 aliphatic carbocycles. The van der Waals surface area contributed by atoms with Crippen LogP contribution < -0.4 is 15.9 Å². The molecule has 122 valence electrons. The summed E-state index contributed by atoms with van der Waals surface area (Å²) >= 11 is 3.20. The number of amidine groups is 1. The molecule has 2 aromatic rings. The Morgan fingerprint density at radius 2 is 2.12 bits per heavy atom. The molecule has 24 heavy (non-hydrogen) atoms. The molecule has 0 bridgehead atoms. The molecule has 2 aliphatic heterocycles. The second-order valence-electron chi connectivity index (χ2n) is 5.45. The maximum atomic E-state index is 12.7. The fraction of sp³-hybridized carbons (Fsp3) is 0.235. The molecule has 0 spiro atoms. The van der Waals surface area contributed by atoms with E-state index < -0.39 is 0 Å². The van der Waals surface area contributed by atoms with Crippen LogP contribution >= 0.6 is 23.1 Å². The molecule has 0 saturated carbocycles. The number of aryl methyl sites for hydroxylation is 1. The van der Waals surface area contributed by atoms with E-state index in [0.717, 1.165) is 21.2 Å². The van der Waals surface area contributed by atoms with Crippen molar-refractivity contribution in [2.45, 2.75) is 20.0 Å². The summed E-state index contributed by atoms with van der Waals surface area (Å²) in [6, 6.07) is 11.9. The van der Waals surface area contributed by atoms with Crippen molar-refractivity contribution >= 4 is 39.9 Å². The first kappa shape index (κ1) is 15.4. The summed E-state index contributed by atoms with van der Waals surface area (Å²) in [6.45, 7) is 4.11. The van der Waals surface area contributed by atoms with Crippen molar-refractivity contribution in [3.05, 3.63) is 56.7 Å². The van der Waals surface area contributed by atoms with Crippen LogP contribution in [0.15, 0.2) is 46.5 Å². The van der Waals surface area contributed by atoms with Crippen LogP contribution in [0, 0.1) is 6.92 Å². The largest absolute Gasteiger partial charge is 0.298 e. The van der Waals surface area contributed by atoms with Crippen LogP contribution in [-0.4, -0.2) is 21.8 Å². The van der Waals surface area contributed by atoms with Crippen LogP contribution in [0.25, 0.3) is 5.70 Å². The summed E-state index contributed by atoms with van der Waals surface area (Å²) in [4.78, 5) is 19.9. The van der Waals surface area contributed by atoms with E-state index in [4.69, 9.17) is 4.99 Å². The number of benzene rings is 1. The zero-order chi connectivity index (χ0) is 16.7. The lowest BCUT2D eigenvalue weighted by Gasteiger charge is -2.33. The molecule has 0 fully saturated rings. The number of fused-ring (bicyclic) bond motifs is 2. The number of rotatable bonds is 2. The SMILES string of the molecule is CCSC1=NN2C(=c3ccccc3=N[C@H]2c2ccc(C)s2)C(=O)N1. The Kier molecular flexibility index (Phi) is 3.90. The second-order valence-corrected chi connectivity index (χ2v) is 8.03. The van der Waals surface area contributed by atoms with Gasteiger partial charge in [-0.1, -0.05) is 36.9 Å². The highest BCUT2D eigenvalue weighted by Crippen LogP contribution is 2.34. The van der Waals surface area contributed by atoms with Crippen LogP contribution in [0.5, 0.6) is 0 Å². The maximum Gasteiger partial charge on any atom is 0.276 e. The van der Waals surface area contributed by atoms with Gasteiger partial charge in [-0.2, -0.15) is 0 Å². The number of carbonyl (C=O) groups is 1. The number of hydrogen-bond donors (Lipinski definition) is 1. The third kappa shape index (κ3) is 2.53. The van der Waals surface area contributed by atoms with Gasteiger partial charge in [0.1, 0.15) is 5.70 Å². The molecule has 3 heterocycles. The third-order valence-electron chi connectivity index (χ3n) is 3.81. The molecular weight excluding hydrogens is 340 g/mol. The molecule has 5 nitrogen and oxygen atoms in total. The van der Waals surface area contributed by atoms with E-state index in [0.29, 0.717) is 10.9 Å². The van der Waals surface area contributed by atoms with E-state index in [1.807, 2.05) is 31.2 Å². The van der Waals surface area contributed by atoms with Crippen LogP contribution in [0.4, 0.5) is 0 Å². The lowest BCUT2D eigenvalue weighted by molar-refractivity contribution is -0.116. The fourth-order valence-corrected chi connectivity index (χ4v) is 4.29. The van der Waals surface area contributed by atoms with Gasteiger partial charge in [-0.05, 0) is 30.9 Å². The quantitative estimate of drug-likeness (QED) is 0.895. The molecule has 0 unspecified atom stereocenters. The Morgan fingerprint density at radius 1 is 1.29 bits per heavy atom. The van der Waals surface area contributed by atoms with E-state index in [1.54, 1.807) is 16.3 Å². The molecule has 1 N–H and O–H groups in total. The summed E-state index contributed by atoms with van der Waals surface area (Å²) in [6.07, 6.45) is -0.299. The minimum atomic E-state index is -0.299. The number of thiophene rings is 1. The maximum absolute atomic E-state index is 12.7. The monoisotopic (exact) mass is 356 g/mol. The second kappa shape index (κ2) is 6.07. The van der Waals surface area contributed by atoms with Gasteiger partial charge >= 0.3 is 0 Å². The predicted octanol–water partition coefficient (Wildman–Crippen LogP) is 1.95. The molecule has 1 amide bonds. The lowest BCUT2D eigenvalue weighted by atomic mass is 10.1. The number of nitrogens with zero attached hydrogens (tertiary/aromatic N) is 3. The van der Waals surface area contributed by atoms with Crippen LogP contribution in [0.2, 0.25) is 0 Å². The zero-order valence-corrected chi connectivity index (χ0v) is 14.9. The fourth-order valence-electron chi connectivity index (χ4n) is 2.81. The standard InChI is InChI=1S/C17H16N4OS2/c1-3-23-17-19-16(22)14-11-6-4-5-7-12(11)18-15(21(14)20-17)13-9-8-10(2)24-13/h4-9,15H,3H2,1-2H3,(H,19,20,22)/t15-/m1/s1. The van der Waals surface area contributed by atoms with Crippen molar-refractivity contribution in [3.8, 4) is 0 Å². The van der Waals surface area contributed by atoms with E-state index in [9.17, 15) is 4.79 Å². The molecule has 0 saturated heterocycles. The van der Waals surface area contributed by atoms with Gasteiger partial charge in [-0.15, -0.1) is 16.4 Å². The summed E-state index contributed by atoms with van der Waals surface area (Å²) in [5, 5.41) is 11.6. The van der Waals surface area contributed by atoms with Gasteiger partial charge in [-0.3, -0.25) is 15.1 Å². The number of carbonyl (C=O) groups excluding carboxylic acids is 1. The Labute approximate surface area is 147 Å². The average molecular weight is 356 g/mol. The van der Waals surface area contributed by atoms with E-state index >= 15 is 0 Å². The summed E-state index contributed by atoms with van der Waals surface area (Å²) < 4.78 is 0. The minimum absolute atomic E-state index is 0.124. The molecule has 7 heteroatoms. The first-order valence-corrected chi connectivity index (χ1v) is 9.53. The molecule has 1 aromatic carbocycles. The molecule has 0 radical (unpaired) electrons. The summed E-state index contributed by atoms with van der Waals surface area (Å²) in [5.74, 6) is 0.722. The molecule has 1 aromatic heterocycles. The van der Waals surface area contributed by atoms with Gasteiger partial charge in [-0.25, -0.2) is 5.01 Å². The first-order chi connectivity index (χ1) is 11.7. The van der Waals surface area contributed by atoms with Gasteiger partial charge in [0.15, 0.2) is 11.3 Å². The number of nitrogens with one attached hydrogen (secondary N) is 1. The number of hydrazone groups is 1. The lowest BCUT2D eigenvalue weighted by Crippen LogP contribution is -2.50. The zero-order valence-electron chi connectivity index (χ0n) is 13.3. The van der Waals surface area contributed by atoms with E-state index in [-0.39, 0.29) is 12.1 Å². The third-order valence-corrected chi connectivity index (χ3v) is 5.60. The van der Waals surface area contributed by atoms with Crippen LogP contribution in [0.1, 0.15) is 22.8 Å². The average Bonchev–Trinajstić information content (AvgIpc) is 3.00. The Morgan fingerprint density at radius 3 is 2.88 bits per heavy atom. The van der Waals surface area contributed by atoms with Gasteiger partial charge in [0, 0.05) is 10.1 Å². The first-order valence-electron chi connectivity index (χ1n) is 7.73. The highest BCUT2D eigenvalue weighted by molar-refractivity contribution is 8.13. The van der Waals surface area contributed by atoms with Crippen LogP contribution in [0.3, 0.4) is 0 Å². The van der Waals surface area contributed by atoms with Crippen molar-refractivity contribution in [1.82, 2.24) is 10.3 Å². The Hall–Kier alpha value is -2.12. The molecule has 4 rings (SSSR count). The van der Waals surface area contributed by atoms with Crippen molar-refractivity contribution in [2.24, 2.45) is 10.1 Å². The Balaban J connectivity index is 1.95. The minimum Gasteiger partial charge on any atom is -0.298 e. The number of amides is 1.